The van der Waals surface area contributed by atoms with Crippen LogP contribution in [0.15, 0.2) is 24.3 Å². The highest BCUT2D eigenvalue weighted by Gasteiger charge is 2.65. The highest BCUT2D eigenvalue weighted by atomic mass is 16.6. The fourth-order valence-electron chi connectivity index (χ4n) is 3.16. The van der Waals surface area contributed by atoms with E-state index in [4.69, 9.17) is 4.74 Å². The number of non-ortho nitro benzene ring substituents is 1. The number of nitrogens with zero attached hydrogens (tertiary/aromatic N) is 1. The lowest BCUT2D eigenvalue weighted by Gasteiger charge is -2.16. The van der Waals surface area contributed by atoms with Crippen molar-refractivity contribution in [3.05, 3.63) is 34.4 Å². The minimum Gasteiger partial charge on any atom is -0.381 e. The topological polar surface area (TPSA) is 81.5 Å². The zero-order chi connectivity index (χ0) is 14.3. The van der Waals surface area contributed by atoms with Gasteiger partial charge in [0.15, 0.2) is 0 Å². The second-order valence-electron chi connectivity index (χ2n) is 5.71. The van der Waals surface area contributed by atoms with E-state index < -0.39 is 4.92 Å². The molecule has 1 saturated heterocycles. The summed E-state index contributed by atoms with van der Waals surface area (Å²) in [6.07, 6.45) is 0.913. The third kappa shape index (κ3) is 2.06. The summed E-state index contributed by atoms with van der Waals surface area (Å²) in [4.78, 5) is 22.4. The van der Waals surface area contributed by atoms with E-state index >= 15 is 0 Å². The van der Waals surface area contributed by atoms with Crippen molar-refractivity contribution >= 4 is 17.3 Å². The number of hydrogen-bond donors (Lipinski definition) is 1. The molecule has 0 aromatic heterocycles. The van der Waals surface area contributed by atoms with Crippen molar-refractivity contribution in [2.75, 3.05) is 18.5 Å². The smallest absolute Gasteiger partial charge is 0.269 e. The SMILES string of the molecule is C[C@@]12CCOC[C@@H]1[C@@H]2C(=O)Nc1ccc([N+](=O)[O-])cc1. The van der Waals surface area contributed by atoms with Gasteiger partial charge in [-0.05, 0) is 24.0 Å². The molecule has 1 N–H and O–H groups in total. The van der Waals surface area contributed by atoms with Gasteiger partial charge >= 0.3 is 0 Å². The standard InChI is InChI=1S/C14H16N2O4/c1-14-6-7-20-8-11(14)12(14)13(17)15-9-2-4-10(5-3-9)16(18)19/h2-5,11-12H,6-8H2,1H3,(H,15,17)/t11-,12-,14-/m1/s1. The largest absolute Gasteiger partial charge is 0.381 e. The number of nitro benzene ring substituents is 1. The molecule has 1 aliphatic heterocycles. The number of carbonyl (C=O) groups excluding carboxylic acids is 1. The Labute approximate surface area is 116 Å². The number of benzene rings is 1. The average molecular weight is 276 g/mol. The molecule has 3 rings (SSSR count). The molecule has 0 radical (unpaired) electrons. The van der Waals surface area contributed by atoms with Gasteiger partial charge in [-0.15, -0.1) is 0 Å². The van der Waals surface area contributed by atoms with E-state index in [2.05, 4.69) is 12.2 Å². The molecule has 1 aromatic carbocycles. The Bertz CT molecular complexity index is 557. The van der Waals surface area contributed by atoms with Crippen LogP contribution in [0.3, 0.4) is 0 Å². The van der Waals surface area contributed by atoms with Crippen molar-refractivity contribution in [1.29, 1.82) is 0 Å². The Morgan fingerprint density at radius 1 is 1.45 bits per heavy atom. The lowest BCUT2D eigenvalue weighted by molar-refractivity contribution is -0.384. The van der Waals surface area contributed by atoms with Crippen LogP contribution in [0.25, 0.3) is 0 Å². The summed E-state index contributed by atoms with van der Waals surface area (Å²) in [7, 11) is 0. The normalized spacial score (nSPS) is 31.2. The van der Waals surface area contributed by atoms with Gasteiger partial charge in [-0.1, -0.05) is 6.92 Å². The van der Waals surface area contributed by atoms with Gasteiger partial charge in [-0.2, -0.15) is 0 Å². The van der Waals surface area contributed by atoms with E-state index in [9.17, 15) is 14.9 Å². The van der Waals surface area contributed by atoms with Crippen LogP contribution in [0.4, 0.5) is 11.4 Å². The summed E-state index contributed by atoms with van der Waals surface area (Å²) in [5, 5.41) is 13.4. The van der Waals surface area contributed by atoms with E-state index in [1.165, 1.54) is 12.1 Å². The summed E-state index contributed by atoms with van der Waals surface area (Å²) < 4.78 is 5.41. The Balaban J connectivity index is 1.66. The molecule has 2 aliphatic rings. The Morgan fingerprint density at radius 3 is 2.70 bits per heavy atom. The van der Waals surface area contributed by atoms with Crippen LogP contribution in [0, 0.1) is 27.4 Å². The predicted octanol–water partition coefficient (Wildman–Crippen LogP) is 2.21. The summed E-state index contributed by atoms with van der Waals surface area (Å²) in [5.74, 6) is 0.270. The summed E-state index contributed by atoms with van der Waals surface area (Å²) >= 11 is 0. The van der Waals surface area contributed by atoms with Crippen molar-refractivity contribution in [1.82, 2.24) is 0 Å². The second-order valence-corrected chi connectivity index (χ2v) is 5.71. The van der Waals surface area contributed by atoms with Crippen LogP contribution in [0.1, 0.15) is 13.3 Å². The van der Waals surface area contributed by atoms with E-state index in [1.807, 2.05) is 0 Å². The highest BCUT2D eigenvalue weighted by molar-refractivity contribution is 5.95. The van der Waals surface area contributed by atoms with Crippen LogP contribution in [-0.2, 0) is 9.53 Å². The minimum absolute atomic E-state index is 0.0137. The van der Waals surface area contributed by atoms with Gasteiger partial charge in [0.2, 0.25) is 5.91 Å². The molecule has 1 saturated carbocycles. The highest BCUT2D eigenvalue weighted by Crippen LogP contribution is 2.62. The maximum absolute atomic E-state index is 12.3. The lowest BCUT2D eigenvalue weighted by atomic mass is 9.99. The molecule has 2 fully saturated rings. The Morgan fingerprint density at radius 2 is 2.15 bits per heavy atom. The van der Waals surface area contributed by atoms with Gasteiger partial charge in [0.1, 0.15) is 0 Å². The van der Waals surface area contributed by atoms with Crippen LogP contribution in [0.2, 0.25) is 0 Å². The first-order chi connectivity index (χ1) is 9.52. The molecule has 3 atom stereocenters. The number of hydrogen-bond acceptors (Lipinski definition) is 4. The molecular weight excluding hydrogens is 260 g/mol. The van der Waals surface area contributed by atoms with Gasteiger partial charge in [0.25, 0.3) is 5.69 Å². The Kier molecular flexibility index (Phi) is 2.97. The molecule has 6 nitrogen and oxygen atoms in total. The molecule has 1 amide bonds. The molecule has 1 aromatic rings. The van der Waals surface area contributed by atoms with Crippen LogP contribution in [-0.4, -0.2) is 24.0 Å². The van der Waals surface area contributed by atoms with Crippen LogP contribution >= 0.6 is 0 Å². The van der Waals surface area contributed by atoms with Crippen LogP contribution in [0.5, 0.6) is 0 Å². The number of carbonyl (C=O) groups is 1. The number of amides is 1. The third-order valence-electron chi connectivity index (χ3n) is 4.56. The first-order valence-electron chi connectivity index (χ1n) is 6.65. The van der Waals surface area contributed by atoms with E-state index in [0.29, 0.717) is 24.8 Å². The fourth-order valence-corrected chi connectivity index (χ4v) is 3.16. The number of nitrogens with one attached hydrogen (secondary N) is 1. The van der Waals surface area contributed by atoms with Crippen molar-refractivity contribution in [3.8, 4) is 0 Å². The molecule has 0 unspecified atom stereocenters. The molecule has 106 valence electrons. The molecule has 0 spiro atoms. The number of ether oxygens (including phenoxy) is 1. The molecule has 0 bridgehead atoms. The molecule has 6 heteroatoms. The third-order valence-corrected chi connectivity index (χ3v) is 4.56. The zero-order valence-electron chi connectivity index (χ0n) is 11.2. The monoisotopic (exact) mass is 276 g/mol. The van der Waals surface area contributed by atoms with Crippen molar-refractivity contribution in [2.45, 2.75) is 13.3 Å². The molecule has 20 heavy (non-hydrogen) atoms. The number of rotatable bonds is 3. The summed E-state index contributed by atoms with van der Waals surface area (Å²) in [6, 6.07) is 5.89. The first-order valence-corrected chi connectivity index (χ1v) is 6.65. The first kappa shape index (κ1) is 13.1. The molecule has 1 heterocycles. The maximum Gasteiger partial charge on any atom is 0.269 e. The fraction of sp³-hybridized carbons (Fsp3) is 0.500. The van der Waals surface area contributed by atoms with Crippen molar-refractivity contribution < 1.29 is 14.5 Å². The summed E-state index contributed by atoms with van der Waals surface area (Å²) in [6.45, 7) is 3.49. The van der Waals surface area contributed by atoms with E-state index in [-0.39, 0.29) is 22.9 Å². The summed E-state index contributed by atoms with van der Waals surface area (Å²) in [5.41, 5.74) is 0.667. The maximum atomic E-state index is 12.3. The van der Waals surface area contributed by atoms with Gasteiger partial charge in [-0.25, -0.2) is 0 Å². The molecule has 1 aliphatic carbocycles. The number of anilines is 1. The van der Waals surface area contributed by atoms with E-state index in [1.54, 1.807) is 12.1 Å². The second kappa shape index (κ2) is 4.56. The number of fused-ring (bicyclic) bond motifs is 1. The number of nitro groups is 1. The van der Waals surface area contributed by atoms with Gasteiger partial charge in [-0.3, -0.25) is 14.9 Å². The van der Waals surface area contributed by atoms with Gasteiger partial charge in [0.05, 0.1) is 11.5 Å². The van der Waals surface area contributed by atoms with Crippen molar-refractivity contribution in [2.24, 2.45) is 17.3 Å². The van der Waals surface area contributed by atoms with E-state index in [0.717, 1.165) is 6.42 Å². The average Bonchev–Trinajstić information content (AvgIpc) is 3.05. The zero-order valence-corrected chi connectivity index (χ0v) is 11.2. The van der Waals surface area contributed by atoms with Crippen molar-refractivity contribution in [3.63, 3.8) is 0 Å². The predicted molar refractivity (Wildman–Crippen MR) is 72.2 cm³/mol. The quantitative estimate of drug-likeness (QED) is 0.677. The van der Waals surface area contributed by atoms with Gasteiger partial charge < -0.3 is 10.1 Å². The van der Waals surface area contributed by atoms with Crippen LogP contribution < -0.4 is 5.32 Å². The lowest BCUT2D eigenvalue weighted by Crippen LogP contribution is -2.18. The van der Waals surface area contributed by atoms with Gasteiger partial charge in [0, 0.05) is 36.3 Å². The molecular formula is C14H16N2O4. The Hall–Kier alpha value is -1.95. The minimum atomic E-state index is -0.459.